The predicted molar refractivity (Wildman–Crippen MR) is 56.3 cm³/mol. The van der Waals surface area contributed by atoms with E-state index in [0.29, 0.717) is 13.0 Å². The first kappa shape index (κ1) is 16.5. The molecule has 1 amide bonds. The average molecular weight is 191 g/mol. The summed E-state index contributed by atoms with van der Waals surface area (Å²) in [6, 6.07) is 0. The number of hydrogen-bond donors (Lipinski definition) is 1. The molecule has 0 aliphatic heterocycles. The second-order valence-electron chi connectivity index (χ2n) is 3.84. The molecular formula is C11H22LiNO. The van der Waals surface area contributed by atoms with Crippen molar-refractivity contribution in [2.24, 2.45) is 5.92 Å². The molecule has 0 aromatic carbocycles. The zero-order valence-electron chi connectivity index (χ0n) is 9.94. The van der Waals surface area contributed by atoms with Gasteiger partial charge in [-0.3, -0.25) is 4.79 Å². The predicted octanol–water partition coefficient (Wildman–Crippen LogP) is -0.453. The summed E-state index contributed by atoms with van der Waals surface area (Å²) in [5.41, 5.74) is 0. The van der Waals surface area contributed by atoms with Gasteiger partial charge in [-0.1, -0.05) is 33.1 Å². The molecule has 0 fully saturated rings. The monoisotopic (exact) mass is 191 g/mol. The molecule has 0 spiro atoms. The van der Waals surface area contributed by atoms with Crippen LogP contribution in [0.5, 0.6) is 0 Å². The van der Waals surface area contributed by atoms with Crippen molar-refractivity contribution in [3.63, 3.8) is 0 Å². The number of nitrogens with one attached hydrogen (secondary N) is 1. The molecule has 0 atom stereocenters. The zero-order chi connectivity index (χ0) is 10.1. The van der Waals surface area contributed by atoms with Gasteiger partial charge in [-0.05, 0) is 12.3 Å². The van der Waals surface area contributed by atoms with Crippen molar-refractivity contribution in [3.05, 3.63) is 6.92 Å². The molecule has 0 aliphatic carbocycles. The van der Waals surface area contributed by atoms with Crippen LogP contribution in [0.4, 0.5) is 0 Å². The number of carbonyl (C=O) groups excluding carboxylic acids is 1. The quantitative estimate of drug-likeness (QED) is 0.329. The molecule has 0 aromatic heterocycles. The minimum Gasteiger partial charge on any atom is -0.386 e. The summed E-state index contributed by atoms with van der Waals surface area (Å²) in [5.74, 6) is 0.924. The Morgan fingerprint density at radius 3 is 2.43 bits per heavy atom. The van der Waals surface area contributed by atoms with Gasteiger partial charge in [0.25, 0.3) is 0 Å². The number of rotatable bonds is 7. The van der Waals surface area contributed by atoms with E-state index in [1.165, 1.54) is 19.3 Å². The van der Waals surface area contributed by atoms with Crippen molar-refractivity contribution in [1.82, 2.24) is 5.32 Å². The second-order valence-corrected chi connectivity index (χ2v) is 3.84. The van der Waals surface area contributed by atoms with Crippen LogP contribution in [-0.2, 0) is 4.79 Å². The molecular weight excluding hydrogens is 169 g/mol. The number of unbranched alkanes of at least 4 members (excludes halogenated alkanes) is 2. The largest absolute Gasteiger partial charge is 1.00 e. The molecule has 2 nitrogen and oxygen atoms in total. The van der Waals surface area contributed by atoms with E-state index in [-0.39, 0.29) is 24.8 Å². The molecule has 0 rings (SSSR count). The van der Waals surface area contributed by atoms with Gasteiger partial charge in [-0.25, -0.2) is 0 Å². The smallest absolute Gasteiger partial charge is 0.386 e. The first-order valence-electron chi connectivity index (χ1n) is 5.22. The summed E-state index contributed by atoms with van der Waals surface area (Å²) < 4.78 is 0. The van der Waals surface area contributed by atoms with Gasteiger partial charge in [0.15, 0.2) is 0 Å². The van der Waals surface area contributed by atoms with Crippen molar-refractivity contribution in [3.8, 4) is 0 Å². The van der Waals surface area contributed by atoms with E-state index in [1.807, 2.05) is 0 Å². The third-order valence-corrected chi connectivity index (χ3v) is 2.01. The van der Waals surface area contributed by atoms with Crippen LogP contribution >= 0.6 is 0 Å². The van der Waals surface area contributed by atoms with E-state index in [4.69, 9.17) is 0 Å². The minimum absolute atomic E-state index is 0. The molecule has 0 aliphatic rings. The Morgan fingerprint density at radius 1 is 1.29 bits per heavy atom. The Balaban J connectivity index is 0. The summed E-state index contributed by atoms with van der Waals surface area (Å²) in [4.78, 5) is 11.0. The van der Waals surface area contributed by atoms with Crippen molar-refractivity contribution >= 4 is 5.91 Å². The zero-order valence-corrected chi connectivity index (χ0v) is 9.94. The van der Waals surface area contributed by atoms with Crippen molar-refractivity contribution < 1.29 is 23.7 Å². The van der Waals surface area contributed by atoms with Crippen molar-refractivity contribution in [2.45, 2.75) is 46.0 Å². The van der Waals surface area contributed by atoms with Gasteiger partial charge >= 0.3 is 18.9 Å². The van der Waals surface area contributed by atoms with Crippen LogP contribution in [0.2, 0.25) is 0 Å². The van der Waals surface area contributed by atoms with E-state index in [1.54, 1.807) is 0 Å². The molecule has 0 radical (unpaired) electrons. The normalized spacial score (nSPS) is 9.71. The Morgan fingerprint density at radius 2 is 1.93 bits per heavy atom. The van der Waals surface area contributed by atoms with E-state index in [0.717, 1.165) is 12.3 Å². The van der Waals surface area contributed by atoms with E-state index >= 15 is 0 Å². The van der Waals surface area contributed by atoms with Gasteiger partial charge in [0.1, 0.15) is 0 Å². The first-order valence-corrected chi connectivity index (χ1v) is 5.22. The van der Waals surface area contributed by atoms with E-state index in [9.17, 15) is 4.79 Å². The summed E-state index contributed by atoms with van der Waals surface area (Å²) in [5, 5.41) is 2.70. The van der Waals surface area contributed by atoms with E-state index < -0.39 is 0 Å². The Hall–Kier alpha value is 0.0674. The van der Waals surface area contributed by atoms with Crippen LogP contribution in [0.1, 0.15) is 46.0 Å². The summed E-state index contributed by atoms with van der Waals surface area (Å²) >= 11 is 0. The Labute approximate surface area is 100 Å². The van der Waals surface area contributed by atoms with Gasteiger partial charge in [-0.2, -0.15) is 0 Å². The van der Waals surface area contributed by atoms with Crippen LogP contribution in [0.15, 0.2) is 0 Å². The van der Waals surface area contributed by atoms with Crippen LogP contribution in [-0.4, -0.2) is 12.5 Å². The maximum Gasteiger partial charge on any atom is 1.00 e. The SMILES string of the molecule is [CH2-]CNC(=O)CCCCCC(C)C.[Li+]. The molecule has 0 saturated carbocycles. The van der Waals surface area contributed by atoms with Crippen molar-refractivity contribution in [1.29, 1.82) is 0 Å². The maximum atomic E-state index is 11.0. The van der Waals surface area contributed by atoms with Crippen LogP contribution in [0.3, 0.4) is 0 Å². The molecule has 0 aromatic rings. The molecule has 0 unspecified atom stereocenters. The molecule has 0 heterocycles. The molecule has 0 saturated heterocycles. The molecule has 3 heteroatoms. The van der Waals surface area contributed by atoms with Crippen LogP contribution in [0.25, 0.3) is 0 Å². The first-order chi connectivity index (χ1) is 6.16. The van der Waals surface area contributed by atoms with Crippen LogP contribution < -0.4 is 24.2 Å². The minimum atomic E-state index is 0. The molecule has 1 N–H and O–H groups in total. The van der Waals surface area contributed by atoms with Crippen molar-refractivity contribution in [2.75, 3.05) is 6.54 Å². The van der Waals surface area contributed by atoms with E-state index in [2.05, 4.69) is 26.1 Å². The molecule has 14 heavy (non-hydrogen) atoms. The summed E-state index contributed by atoms with van der Waals surface area (Å²) in [7, 11) is 0. The Kier molecular flexibility index (Phi) is 13.1. The summed E-state index contributed by atoms with van der Waals surface area (Å²) in [6.07, 6.45) is 5.36. The van der Waals surface area contributed by atoms with Gasteiger partial charge in [0.2, 0.25) is 5.91 Å². The second kappa shape index (κ2) is 11.1. The fourth-order valence-electron chi connectivity index (χ4n) is 1.24. The van der Waals surface area contributed by atoms with Gasteiger partial charge in [0, 0.05) is 6.42 Å². The van der Waals surface area contributed by atoms with Gasteiger partial charge in [-0.15, -0.1) is 6.54 Å². The van der Waals surface area contributed by atoms with Crippen LogP contribution in [0, 0.1) is 12.8 Å². The fraction of sp³-hybridized carbons (Fsp3) is 0.818. The molecule has 0 bridgehead atoms. The average Bonchev–Trinajstić information content (AvgIpc) is 2.03. The maximum absolute atomic E-state index is 11.0. The topological polar surface area (TPSA) is 29.1 Å². The molecule has 78 valence electrons. The standard InChI is InChI=1S/C11H22NO.Li/c1-4-12-11(13)9-7-5-6-8-10(2)3;/h10H,1,4-9H2,2-3H3,(H,12,13);/q-1;+1. The fourth-order valence-corrected chi connectivity index (χ4v) is 1.24. The van der Waals surface area contributed by atoms with Gasteiger partial charge < -0.3 is 12.2 Å². The third-order valence-electron chi connectivity index (χ3n) is 2.01. The number of amides is 1. The third kappa shape index (κ3) is 12.1. The van der Waals surface area contributed by atoms with Gasteiger partial charge in [0.05, 0.1) is 0 Å². The summed E-state index contributed by atoms with van der Waals surface area (Å²) in [6.45, 7) is 8.53. The number of hydrogen-bond acceptors (Lipinski definition) is 1. The Bertz CT molecular complexity index is 137. The number of carbonyl (C=O) groups is 1.